The fourth-order valence-electron chi connectivity index (χ4n) is 2.78. The third kappa shape index (κ3) is 3.60. The molecule has 0 aromatic carbocycles. The van der Waals surface area contributed by atoms with Crippen LogP contribution in [0, 0.1) is 5.41 Å². The summed E-state index contributed by atoms with van der Waals surface area (Å²) in [5.74, 6) is 0. The second kappa shape index (κ2) is 5.96. The van der Waals surface area contributed by atoms with Crippen LogP contribution in [0.3, 0.4) is 0 Å². The fraction of sp³-hybridized carbons (Fsp3) is 0.643. The average molecular weight is 302 g/mol. The van der Waals surface area contributed by atoms with E-state index in [4.69, 9.17) is 23.2 Å². The highest BCUT2D eigenvalue weighted by Crippen LogP contribution is 2.40. The Kier molecular flexibility index (Phi) is 4.72. The topological polar surface area (TPSA) is 28.2 Å². The van der Waals surface area contributed by atoms with Gasteiger partial charge in [0.2, 0.25) is 0 Å². The van der Waals surface area contributed by atoms with Crippen molar-refractivity contribution in [1.82, 2.24) is 15.2 Å². The predicted octanol–water partition coefficient (Wildman–Crippen LogP) is 3.38. The van der Waals surface area contributed by atoms with Gasteiger partial charge in [0.25, 0.3) is 0 Å². The Hall–Kier alpha value is -0.350. The average Bonchev–Trinajstić information content (AvgIpc) is 2.32. The van der Waals surface area contributed by atoms with Gasteiger partial charge in [0, 0.05) is 37.8 Å². The summed E-state index contributed by atoms with van der Waals surface area (Å²) in [4.78, 5) is 6.67. The summed E-state index contributed by atoms with van der Waals surface area (Å²) in [6.07, 6.45) is 0. The van der Waals surface area contributed by atoms with Crippen molar-refractivity contribution in [1.29, 1.82) is 0 Å². The molecule has 106 valence electrons. The Morgan fingerprint density at radius 2 is 1.84 bits per heavy atom. The van der Waals surface area contributed by atoms with E-state index in [0.29, 0.717) is 10.3 Å². The van der Waals surface area contributed by atoms with Crippen LogP contribution in [0.4, 0.5) is 0 Å². The minimum absolute atomic E-state index is 0.0937. The standard InChI is InChI=1S/C14H21Cl2N3/c1-14(2,3)12(19-8-6-17-7-9-19)10-4-5-11(15)18-13(10)16/h4-5,12,17H,6-9H2,1-3H3/t12-/m0/s1. The first-order chi connectivity index (χ1) is 8.89. The normalized spacial score (nSPS) is 19.4. The zero-order valence-electron chi connectivity index (χ0n) is 11.7. The molecule has 0 saturated carbocycles. The molecule has 1 N–H and O–H groups in total. The number of aromatic nitrogens is 1. The van der Waals surface area contributed by atoms with Crippen LogP contribution in [0.2, 0.25) is 10.3 Å². The van der Waals surface area contributed by atoms with Crippen molar-refractivity contribution in [3.63, 3.8) is 0 Å². The lowest BCUT2D eigenvalue weighted by atomic mass is 9.81. The molecule has 0 spiro atoms. The molecule has 0 unspecified atom stereocenters. The Morgan fingerprint density at radius 1 is 1.21 bits per heavy atom. The van der Waals surface area contributed by atoms with Crippen molar-refractivity contribution >= 4 is 23.2 Å². The van der Waals surface area contributed by atoms with Gasteiger partial charge in [-0.1, -0.05) is 50.0 Å². The van der Waals surface area contributed by atoms with Crippen LogP contribution in [0.25, 0.3) is 0 Å². The Balaban J connectivity index is 2.36. The van der Waals surface area contributed by atoms with Gasteiger partial charge < -0.3 is 5.32 Å². The van der Waals surface area contributed by atoms with Crippen LogP contribution < -0.4 is 5.32 Å². The summed E-state index contributed by atoms with van der Waals surface area (Å²) in [6.45, 7) is 10.8. The second-order valence-corrected chi connectivity index (χ2v) is 6.81. The van der Waals surface area contributed by atoms with E-state index in [1.54, 1.807) is 0 Å². The molecule has 0 bridgehead atoms. The maximum atomic E-state index is 6.31. The number of pyridine rings is 1. The first-order valence-corrected chi connectivity index (χ1v) is 7.42. The minimum Gasteiger partial charge on any atom is -0.314 e. The zero-order chi connectivity index (χ0) is 14.0. The molecule has 1 saturated heterocycles. The summed E-state index contributed by atoms with van der Waals surface area (Å²) in [5, 5.41) is 4.35. The molecule has 1 atom stereocenters. The van der Waals surface area contributed by atoms with E-state index in [2.05, 4.69) is 36.0 Å². The van der Waals surface area contributed by atoms with E-state index in [0.717, 1.165) is 31.7 Å². The number of rotatable bonds is 2. The molecular weight excluding hydrogens is 281 g/mol. The van der Waals surface area contributed by atoms with Crippen molar-refractivity contribution < 1.29 is 0 Å². The quantitative estimate of drug-likeness (QED) is 0.849. The smallest absolute Gasteiger partial charge is 0.135 e. The number of hydrogen-bond acceptors (Lipinski definition) is 3. The Morgan fingerprint density at radius 3 is 2.37 bits per heavy atom. The Labute approximate surface area is 125 Å². The van der Waals surface area contributed by atoms with Gasteiger partial charge in [0.15, 0.2) is 0 Å². The van der Waals surface area contributed by atoms with Crippen molar-refractivity contribution in [3.05, 3.63) is 28.0 Å². The van der Waals surface area contributed by atoms with Gasteiger partial charge in [-0.05, 0) is 11.5 Å². The molecule has 1 fully saturated rings. The number of nitrogens with one attached hydrogen (secondary N) is 1. The first kappa shape index (κ1) is 15.0. The Bertz CT molecular complexity index is 437. The lowest BCUT2D eigenvalue weighted by Crippen LogP contribution is -2.48. The van der Waals surface area contributed by atoms with E-state index in [1.165, 1.54) is 0 Å². The van der Waals surface area contributed by atoms with Gasteiger partial charge in [-0.3, -0.25) is 4.90 Å². The highest BCUT2D eigenvalue weighted by molar-refractivity contribution is 6.32. The van der Waals surface area contributed by atoms with Gasteiger partial charge in [0.05, 0.1) is 0 Å². The molecule has 0 amide bonds. The van der Waals surface area contributed by atoms with Crippen LogP contribution in [-0.4, -0.2) is 36.1 Å². The summed E-state index contributed by atoms with van der Waals surface area (Å²) >= 11 is 12.2. The number of piperazine rings is 1. The molecule has 19 heavy (non-hydrogen) atoms. The highest BCUT2D eigenvalue weighted by Gasteiger charge is 2.34. The van der Waals surface area contributed by atoms with Gasteiger partial charge in [-0.2, -0.15) is 0 Å². The lowest BCUT2D eigenvalue weighted by molar-refractivity contribution is 0.0860. The predicted molar refractivity (Wildman–Crippen MR) is 80.9 cm³/mol. The van der Waals surface area contributed by atoms with Gasteiger partial charge in [0.1, 0.15) is 10.3 Å². The maximum absolute atomic E-state index is 6.31. The molecular formula is C14H21Cl2N3. The van der Waals surface area contributed by atoms with E-state index in [9.17, 15) is 0 Å². The number of halogens is 2. The van der Waals surface area contributed by atoms with Crippen molar-refractivity contribution in [2.45, 2.75) is 26.8 Å². The largest absolute Gasteiger partial charge is 0.314 e. The second-order valence-electron chi connectivity index (χ2n) is 6.07. The van der Waals surface area contributed by atoms with Gasteiger partial charge >= 0.3 is 0 Å². The van der Waals surface area contributed by atoms with E-state index in [1.807, 2.05) is 12.1 Å². The maximum Gasteiger partial charge on any atom is 0.135 e. The summed E-state index contributed by atoms with van der Waals surface area (Å²) in [7, 11) is 0. The minimum atomic E-state index is 0.0937. The summed E-state index contributed by atoms with van der Waals surface area (Å²) in [5.41, 5.74) is 1.16. The van der Waals surface area contributed by atoms with Crippen LogP contribution in [-0.2, 0) is 0 Å². The molecule has 1 aliphatic heterocycles. The molecule has 5 heteroatoms. The monoisotopic (exact) mass is 301 g/mol. The molecule has 0 aliphatic carbocycles. The molecule has 1 aromatic rings. The van der Waals surface area contributed by atoms with Crippen LogP contribution in [0.5, 0.6) is 0 Å². The van der Waals surface area contributed by atoms with Crippen molar-refractivity contribution in [3.8, 4) is 0 Å². The van der Waals surface area contributed by atoms with Crippen molar-refractivity contribution in [2.24, 2.45) is 5.41 Å². The van der Waals surface area contributed by atoms with Crippen molar-refractivity contribution in [2.75, 3.05) is 26.2 Å². The zero-order valence-corrected chi connectivity index (χ0v) is 13.2. The third-order valence-corrected chi connectivity index (χ3v) is 3.99. The number of nitrogens with zero attached hydrogens (tertiary/aromatic N) is 2. The molecule has 3 nitrogen and oxygen atoms in total. The fourth-order valence-corrected chi connectivity index (χ4v) is 3.23. The number of hydrogen-bond donors (Lipinski definition) is 1. The summed E-state index contributed by atoms with van der Waals surface area (Å²) in [6, 6.07) is 4.09. The van der Waals surface area contributed by atoms with Crippen LogP contribution >= 0.6 is 23.2 Å². The lowest BCUT2D eigenvalue weighted by Gasteiger charge is -2.42. The van der Waals surface area contributed by atoms with E-state index in [-0.39, 0.29) is 11.5 Å². The van der Waals surface area contributed by atoms with E-state index >= 15 is 0 Å². The molecule has 2 heterocycles. The SMILES string of the molecule is CC(C)(C)[C@H](c1ccc(Cl)nc1Cl)N1CCNCC1. The highest BCUT2D eigenvalue weighted by atomic mass is 35.5. The van der Waals surface area contributed by atoms with Gasteiger partial charge in [-0.15, -0.1) is 0 Å². The molecule has 1 aliphatic rings. The molecule has 2 rings (SSSR count). The summed E-state index contributed by atoms with van der Waals surface area (Å²) < 4.78 is 0. The van der Waals surface area contributed by atoms with Crippen LogP contribution in [0.1, 0.15) is 32.4 Å². The third-order valence-electron chi connectivity index (χ3n) is 3.48. The first-order valence-electron chi connectivity index (χ1n) is 6.66. The van der Waals surface area contributed by atoms with Crippen LogP contribution in [0.15, 0.2) is 12.1 Å². The molecule has 0 radical (unpaired) electrons. The molecule has 1 aromatic heterocycles. The van der Waals surface area contributed by atoms with E-state index < -0.39 is 0 Å². The van der Waals surface area contributed by atoms with Gasteiger partial charge in [-0.25, -0.2) is 4.98 Å².